The summed E-state index contributed by atoms with van der Waals surface area (Å²) in [5.74, 6) is 0.881. The third kappa shape index (κ3) is 6.28. The molecule has 2 heterocycles. The summed E-state index contributed by atoms with van der Waals surface area (Å²) in [5, 5.41) is 0.969. The minimum Gasteiger partial charge on any atom is -0.496 e. The molecule has 0 bridgehead atoms. The van der Waals surface area contributed by atoms with E-state index in [1.807, 2.05) is 64.1 Å². The molecule has 2 atom stereocenters. The molecule has 1 aromatic heterocycles. The molecule has 0 aliphatic carbocycles. The fourth-order valence-electron chi connectivity index (χ4n) is 5.54. The van der Waals surface area contributed by atoms with Crippen molar-refractivity contribution in [3.8, 4) is 5.75 Å². The minimum atomic E-state index is -0.597. The van der Waals surface area contributed by atoms with Gasteiger partial charge >= 0.3 is 12.1 Å². The lowest BCUT2D eigenvalue weighted by atomic mass is 9.86. The van der Waals surface area contributed by atoms with E-state index in [9.17, 15) is 9.59 Å². The van der Waals surface area contributed by atoms with Gasteiger partial charge < -0.3 is 18.9 Å². The lowest BCUT2D eigenvalue weighted by Gasteiger charge is -2.40. The average Bonchev–Trinajstić information content (AvgIpc) is 3.36. The Morgan fingerprint density at radius 3 is 2.38 bits per heavy atom. The molecular weight excluding hydrogens is 496 g/mol. The number of ether oxygens (including phenoxy) is 4. The van der Waals surface area contributed by atoms with Gasteiger partial charge in [-0.15, -0.1) is 0 Å². The van der Waals surface area contributed by atoms with Crippen LogP contribution in [0, 0.1) is 12.8 Å². The molecule has 210 valence electrons. The fraction of sp³-hybridized carbons (Fsp3) is 0.484. The van der Waals surface area contributed by atoms with Gasteiger partial charge in [0.1, 0.15) is 11.4 Å². The standard InChI is InChI=1S/C31H40N2O6/c1-20-16-27(37-6)25(24-13-15-33(28(20)24)30(35)39-31(2,3)4)18-32-14-12-21(19-36-5)17-26(32)22-8-10-23(11-9-22)29(34)38-7/h8-11,13,15-16,21,26H,12,14,17-19H2,1-7H3/t21?,26-/m0/s1. The molecule has 2 aromatic carbocycles. The summed E-state index contributed by atoms with van der Waals surface area (Å²) in [6.45, 7) is 9.80. The first-order valence-corrected chi connectivity index (χ1v) is 13.4. The highest BCUT2D eigenvalue weighted by atomic mass is 16.6. The Morgan fingerprint density at radius 1 is 1.05 bits per heavy atom. The summed E-state index contributed by atoms with van der Waals surface area (Å²) in [6, 6.07) is 11.8. The number of rotatable bonds is 7. The molecule has 1 aliphatic rings. The number of nitrogens with zero attached hydrogens (tertiary/aromatic N) is 2. The van der Waals surface area contributed by atoms with E-state index >= 15 is 0 Å². The lowest BCUT2D eigenvalue weighted by Crippen LogP contribution is -2.37. The Labute approximate surface area is 230 Å². The highest BCUT2D eigenvalue weighted by Crippen LogP contribution is 2.39. The van der Waals surface area contributed by atoms with Gasteiger partial charge in [0.25, 0.3) is 0 Å². The van der Waals surface area contributed by atoms with Crippen LogP contribution in [0.4, 0.5) is 4.79 Å². The second-order valence-corrected chi connectivity index (χ2v) is 11.2. The lowest BCUT2D eigenvalue weighted by molar-refractivity contribution is 0.0542. The van der Waals surface area contributed by atoms with Gasteiger partial charge in [0.05, 0.1) is 25.3 Å². The van der Waals surface area contributed by atoms with Gasteiger partial charge in [0.2, 0.25) is 0 Å². The van der Waals surface area contributed by atoms with Crippen LogP contribution in [0.1, 0.15) is 66.7 Å². The second-order valence-electron chi connectivity index (χ2n) is 11.2. The summed E-state index contributed by atoms with van der Waals surface area (Å²) in [5.41, 5.74) is 3.87. The van der Waals surface area contributed by atoms with E-state index in [0.717, 1.165) is 52.7 Å². The molecule has 0 radical (unpaired) electrons. The van der Waals surface area contributed by atoms with Crippen molar-refractivity contribution in [1.29, 1.82) is 0 Å². The quantitative estimate of drug-likeness (QED) is 0.336. The van der Waals surface area contributed by atoms with E-state index in [1.165, 1.54) is 7.11 Å². The Bertz CT molecular complexity index is 1320. The average molecular weight is 537 g/mol. The Kier molecular flexibility index (Phi) is 8.67. The van der Waals surface area contributed by atoms with Crippen LogP contribution in [0.25, 0.3) is 10.9 Å². The predicted molar refractivity (Wildman–Crippen MR) is 150 cm³/mol. The normalized spacial score (nSPS) is 18.2. The molecule has 1 unspecified atom stereocenters. The largest absolute Gasteiger partial charge is 0.496 e. The van der Waals surface area contributed by atoms with Gasteiger partial charge in [0, 0.05) is 43.4 Å². The van der Waals surface area contributed by atoms with Crippen LogP contribution >= 0.6 is 0 Å². The van der Waals surface area contributed by atoms with Crippen LogP contribution in [0.2, 0.25) is 0 Å². The van der Waals surface area contributed by atoms with E-state index < -0.39 is 11.7 Å². The number of carbonyl (C=O) groups excluding carboxylic acids is 2. The molecule has 0 spiro atoms. The molecule has 4 rings (SSSR count). The molecule has 0 amide bonds. The number of carbonyl (C=O) groups is 2. The number of aryl methyl sites for hydroxylation is 1. The number of fused-ring (bicyclic) bond motifs is 1. The van der Waals surface area contributed by atoms with Crippen molar-refractivity contribution in [2.45, 2.75) is 58.7 Å². The first kappa shape index (κ1) is 28.6. The molecule has 1 fully saturated rings. The van der Waals surface area contributed by atoms with Crippen LogP contribution in [0.3, 0.4) is 0 Å². The van der Waals surface area contributed by atoms with E-state index in [0.29, 0.717) is 24.6 Å². The molecule has 8 nitrogen and oxygen atoms in total. The Hall–Kier alpha value is -3.36. The van der Waals surface area contributed by atoms with Crippen LogP contribution in [0.5, 0.6) is 5.75 Å². The third-order valence-corrected chi connectivity index (χ3v) is 7.34. The summed E-state index contributed by atoms with van der Waals surface area (Å²) >= 11 is 0. The zero-order valence-corrected chi connectivity index (χ0v) is 24.1. The van der Waals surface area contributed by atoms with Crippen molar-refractivity contribution in [3.05, 3.63) is 64.8 Å². The fourth-order valence-corrected chi connectivity index (χ4v) is 5.54. The van der Waals surface area contributed by atoms with Gasteiger partial charge in [0.15, 0.2) is 0 Å². The number of esters is 1. The van der Waals surface area contributed by atoms with Crippen molar-refractivity contribution < 1.29 is 28.5 Å². The van der Waals surface area contributed by atoms with Crippen molar-refractivity contribution in [3.63, 3.8) is 0 Å². The van der Waals surface area contributed by atoms with Crippen LogP contribution in [0.15, 0.2) is 42.6 Å². The minimum absolute atomic E-state index is 0.125. The number of benzene rings is 2. The summed E-state index contributed by atoms with van der Waals surface area (Å²) < 4.78 is 23.5. The van der Waals surface area contributed by atoms with Gasteiger partial charge in [-0.1, -0.05) is 12.1 Å². The number of likely N-dealkylation sites (tertiary alicyclic amines) is 1. The van der Waals surface area contributed by atoms with Crippen molar-refractivity contribution in [1.82, 2.24) is 9.47 Å². The number of aromatic nitrogens is 1. The number of piperidine rings is 1. The first-order chi connectivity index (χ1) is 18.6. The van der Waals surface area contributed by atoms with E-state index in [4.69, 9.17) is 18.9 Å². The molecule has 1 saturated heterocycles. The highest BCUT2D eigenvalue weighted by Gasteiger charge is 2.31. The highest BCUT2D eigenvalue weighted by molar-refractivity contribution is 5.95. The Morgan fingerprint density at radius 2 is 1.77 bits per heavy atom. The zero-order valence-electron chi connectivity index (χ0n) is 24.1. The van der Waals surface area contributed by atoms with E-state index in [2.05, 4.69) is 4.90 Å². The van der Waals surface area contributed by atoms with Gasteiger partial charge in [-0.25, -0.2) is 9.59 Å². The van der Waals surface area contributed by atoms with Crippen LogP contribution in [-0.2, 0) is 20.8 Å². The molecule has 0 N–H and O–H groups in total. The van der Waals surface area contributed by atoms with Gasteiger partial charge in [-0.05, 0) is 88.4 Å². The van der Waals surface area contributed by atoms with Crippen molar-refractivity contribution in [2.75, 3.05) is 34.5 Å². The summed E-state index contributed by atoms with van der Waals surface area (Å²) in [4.78, 5) is 27.5. The van der Waals surface area contributed by atoms with Crippen molar-refractivity contribution in [2.24, 2.45) is 5.92 Å². The molecule has 3 aromatic rings. The molecule has 0 saturated carbocycles. The smallest absolute Gasteiger partial charge is 0.419 e. The van der Waals surface area contributed by atoms with Gasteiger partial charge in [-0.3, -0.25) is 9.47 Å². The van der Waals surface area contributed by atoms with Gasteiger partial charge in [-0.2, -0.15) is 0 Å². The van der Waals surface area contributed by atoms with Crippen LogP contribution in [-0.4, -0.2) is 61.6 Å². The summed E-state index contributed by atoms with van der Waals surface area (Å²) in [7, 11) is 4.82. The third-order valence-electron chi connectivity index (χ3n) is 7.34. The second kappa shape index (κ2) is 11.8. The van der Waals surface area contributed by atoms with Crippen molar-refractivity contribution >= 4 is 23.0 Å². The number of hydrogen-bond donors (Lipinski definition) is 0. The Balaban J connectivity index is 1.72. The summed E-state index contributed by atoms with van der Waals surface area (Å²) in [6.07, 6.45) is 3.33. The molecule has 1 aliphatic heterocycles. The number of hydrogen-bond acceptors (Lipinski definition) is 7. The maximum absolute atomic E-state index is 13.0. The van der Waals surface area contributed by atoms with E-state index in [-0.39, 0.29) is 12.0 Å². The molecule has 39 heavy (non-hydrogen) atoms. The van der Waals surface area contributed by atoms with E-state index in [1.54, 1.807) is 25.0 Å². The molecular formula is C31H40N2O6. The molecule has 8 heteroatoms. The maximum atomic E-state index is 13.0. The predicted octanol–water partition coefficient (Wildman–Crippen LogP) is 6.13. The zero-order chi connectivity index (χ0) is 28.3. The maximum Gasteiger partial charge on any atom is 0.419 e. The first-order valence-electron chi connectivity index (χ1n) is 13.4. The topological polar surface area (TPSA) is 79.2 Å². The number of methoxy groups -OCH3 is 3. The van der Waals surface area contributed by atoms with Crippen LogP contribution < -0.4 is 4.74 Å². The SMILES string of the molecule is COCC1CCN(Cc2c(OC)cc(C)c3c2ccn3C(=O)OC(C)(C)C)[C@H](c2ccc(C(=O)OC)cc2)C1. The monoisotopic (exact) mass is 536 g/mol.